The van der Waals surface area contributed by atoms with Crippen LogP contribution in [0.2, 0.25) is 5.02 Å². The highest BCUT2D eigenvalue weighted by Gasteiger charge is 2.11. The first-order chi connectivity index (χ1) is 9.58. The van der Waals surface area contributed by atoms with E-state index in [-0.39, 0.29) is 11.9 Å². The van der Waals surface area contributed by atoms with Crippen molar-refractivity contribution in [3.8, 4) is 0 Å². The van der Waals surface area contributed by atoms with Gasteiger partial charge in [0.1, 0.15) is 5.82 Å². The summed E-state index contributed by atoms with van der Waals surface area (Å²) in [5.41, 5.74) is 4.85. The van der Waals surface area contributed by atoms with Crippen LogP contribution in [0.3, 0.4) is 0 Å². The summed E-state index contributed by atoms with van der Waals surface area (Å²) >= 11 is 9.59. The number of hydrazine groups is 1. The van der Waals surface area contributed by atoms with Gasteiger partial charge in [-0.05, 0) is 48.2 Å². The fourth-order valence-corrected chi connectivity index (χ4v) is 2.80. The highest BCUT2D eigenvalue weighted by atomic mass is 79.9. The van der Waals surface area contributed by atoms with Crippen LogP contribution in [-0.4, -0.2) is 6.04 Å². The van der Waals surface area contributed by atoms with Gasteiger partial charge in [-0.3, -0.25) is 11.3 Å². The molecule has 20 heavy (non-hydrogen) atoms. The van der Waals surface area contributed by atoms with E-state index in [9.17, 15) is 4.39 Å². The van der Waals surface area contributed by atoms with Crippen molar-refractivity contribution < 1.29 is 4.39 Å². The molecule has 2 rings (SSSR count). The van der Waals surface area contributed by atoms with E-state index in [1.807, 2.05) is 18.2 Å². The summed E-state index contributed by atoms with van der Waals surface area (Å²) < 4.78 is 13.8. The molecule has 0 aliphatic rings. The van der Waals surface area contributed by atoms with Gasteiger partial charge in [-0.25, -0.2) is 4.39 Å². The third-order valence-electron chi connectivity index (χ3n) is 3.11. The topological polar surface area (TPSA) is 38.0 Å². The predicted octanol–water partition coefficient (Wildman–Crippen LogP) is 3.86. The Hall–Kier alpha value is -0.940. The molecule has 5 heteroatoms. The molecule has 0 spiro atoms. The summed E-state index contributed by atoms with van der Waals surface area (Å²) in [6.45, 7) is 0. The van der Waals surface area contributed by atoms with Crippen LogP contribution in [-0.2, 0) is 12.8 Å². The van der Waals surface area contributed by atoms with Crippen LogP contribution < -0.4 is 11.3 Å². The van der Waals surface area contributed by atoms with Gasteiger partial charge in [-0.1, -0.05) is 45.7 Å². The molecule has 0 fully saturated rings. The van der Waals surface area contributed by atoms with E-state index in [4.69, 9.17) is 17.4 Å². The molecule has 0 heterocycles. The second kappa shape index (κ2) is 7.18. The van der Waals surface area contributed by atoms with Crippen molar-refractivity contribution >= 4 is 27.5 Å². The number of rotatable bonds is 5. The fraction of sp³-hybridized carbons (Fsp3) is 0.200. The van der Waals surface area contributed by atoms with Crippen LogP contribution in [0, 0.1) is 5.82 Å². The number of nitrogens with two attached hydrogens (primary N) is 1. The third kappa shape index (κ3) is 4.28. The van der Waals surface area contributed by atoms with Crippen LogP contribution in [0.15, 0.2) is 46.9 Å². The van der Waals surface area contributed by atoms with Gasteiger partial charge in [0, 0.05) is 15.5 Å². The highest BCUT2D eigenvalue weighted by molar-refractivity contribution is 9.10. The average molecular weight is 358 g/mol. The highest BCUT2D eigenvalue weighted by Crippen LogP contribution is 2.23. The minimum atomic E-state index is -0.234. The van der Waals surface area contributed by atoms with Crippen molar-refractivity contribution in [1.29, 1.82) is 0 Å². The lowest BCUT2D eigenvalue weighted by Gasteiger charge is -2.17. The average Bonchev–Trinajstić information content (AvgIpc) is 2.43. The molecule has 0 aliphatic heterocycles. The molecule has 0 radical (unpaired) electrons. The molecule has 0 aliphatic carbocycles. The monoisotopic (exact) mass is 356 g/mol. The van der Waals surface area contributed by atoms with Crippen LogP contribution in [0.1, 0.15) is 11.1 Å². The number of benzene rings is 2. The van der Waals surface area contributed by atoms with E-state index in [1.54, 1.807) is 12.1 Å². The van der Waals surface area contributed by atoms with Gasteiger partial charge in [0.2, 0.25) is 0 Å². The lowest BCUT2D eigenvalue weighted by molar-refractivity contribution is 0.522. The van der Waals surface area contributed by atoms with Gasteiger partial charge in [0.25, 0.3) is 0 Å². The first kappa shape index (κ1) is 15.4. The van der Waals surface area contributed by atoms with E-state index >= 15 is 0 Å². The fourth-order valence-electron chi connectivity index (χ4n) is 2.05. The molecule has 2 aromatic carbocycles. The summed E-state index contributed by atoms with van der Waals surface area (Å²) in [6, 6.07) is 12.3. The van der Waals surface area contributed by atoms with Gasteiger partial charge in [-0.15, -0.1) is 0 Å². The van der Waals surface area contributed by atoms with Crippen LogP contribution in [0.4, 0.5) is 4.39 Å². The summed E-state index contributed by atoms with van der Waals surface area (Å²) in [5, 5.41) is 0.707. The smallest absolute Gasteiger partial charge is 0.123 e. The summed E-state index contributed by atoms with van der Waals surface area (Å²) in [4.78, 5) is 0. The first-order valence-electron chi connectivity index (χ1n) is 6.23. The van der Waals surface area contributed by atoms with Crippen molar-refractivity contribution in [1.82, 2.24) is 5.43 Å². The van der Waals surface area contributed by atoms with E-state index in [0.717, 1.165) is 15.6 Å². The quantitative estimate of drug-likeness (QED) is 0.630. The predicted molar refractivity (Wildman–Crippen MR) is 84.1 cm³/mol. The summed E-state index contributed by atoms with van der Waals surface area (Å²) in [5.74, 6) is 5.37. The third-order valence-corrected chi connectivity index (χ3v) is 3.96. The Bertz CT molecular complexity index is 575. The number of hydrogen-bond donors (Lipinski definition) is 2. The Kier molecular flexibility index (Phi) is 5.54. The van der Waals surface area contributed by atoms with Crippen molar-refractivity contribution in [3.05, 3.63) is 68.9 Å². The SMILES string of the molecule is NNC(Cc1ccc(F)cc1)Cc1ccc(Br)cc1Cl. The molecule has 0 bridgehead atoms. The van der Waals surface area contributed by atoms with Crippen molar-refractivity contribution in [2.45, 2.75) is 18.9 Å². The van der Waals surface area contributed by atoms with E-state index in [0.29, 0.717) is 17.9 Å². The summed E-state index contributed by atoms with van der Waals surface area (Å²) in [7, 11) is 0. The van der Waals surface area contributed by atoms with Gasteiger partial charge in [0.15, 0.2) is 0 Å². The largest absolute Gasteiger partial charge is 0.271 e. The normalized spacial score (nSPS) is 12.4. The van der Waals surface area contributed by atoms with Gasteiger partial charge in [0.05, 0.1) is 0 Å². The Morgan fingerprint density at radius 1 is 1.15 bits per heavy atom. The molecule has 106 valence electrons. The standard InChI is InChI=1S/C15H15BrClFN2/c16-12-4-3-11(15(17)9-12)8-14(20-19)7-10-1-5-13(18)6-2-10/h1-6,9,14,20H,7-8,19H2. The molecule has 3 N–H and O–H groups in total. The molecular weight excluding hydrogens is 343 g/mol. The van der Waals surface area contributed by atoms with Crippen LogP contribution >= 0.6 is 27.5 Å². The maximum absolute atomic E-state index is 12.9. The minimum absolute atomic E-state index is 0.0409. The molecule has 0 amide bonds. The number of nitrogens with one attached hydrogen (secondary N) is 1. The van der Waals surface area contributed by atoms with Crippen molar-refractivity contribution in [2.75, 3.05) is 0 Å². The number of hydrogen-bond acceptors (Lipinski definition) is 2. The molecule has 0 aromatic heterocycles. The maximum atomic E-state index is 12.9. The Labute approximate surface area is 131 Å². The van der Waals surface area contributed by atoms with E-state index in [1.165, 1.54) is 12.1 Å². The number of halogens is 3. The summed E-state index contributed by atoms with van der Waals surface area (Å²) in [6.07, 6.45) is 1.42. The molecule has 2 aromatic rings. The second-order valence-electron chi connectivity index (χ2n) is 4.63. The molecule has 0 saturated heterocycles. The molecule has 1 unspecified atom stereocenters. The zero-order valence-corrected chi connectivity index (χ0v) is 13.1. The van der Waals surface area contributed by atoms with Crippen molar-refractivity contribution in [3.63, 3.8) is 0 Å². The van der Waals surface area contributed by atoms with E-state index in [2.05, 4.69) is 21.4 Å². The second-order valence-corrected chi connectivity index (χ2v) is 5.96. The van der Waals surface area contributed by atoms with E-state index < -0.39 is 0 Å². The Balaban J connectivity index is 2.07. The van der Waals surface area contributed by atoms with Crippen LogP contribution in [0.5, 0.6) is 0 Å². The Morgan fingerprint density at radius 2 is 1.85 bits per heavy atom. The van der Waals surface area contributed by atoms with Gasteiger partial charge < -0.3 is 0 Å². The lowest BCUT2D eigenvalue weighted by atomic mass is 9.99. The molecule has 1 atom stereocenters. The lowest BCUT2D eigenvalue weighted by Crippen LogP contribution is -2.38. The molecule has 2 nitrogen and oxygen atoms in total. The molecule has 0 saturated carbocycles. The Morgan fingerprint density at radius 3 is 2.45 bits per heavy atom. The zero-order chi connectivity index (χ0) is 14.5. The van der Waals surface area contributed by atoms with Gasteiger partial charge >= 0.3 is 0 Å². The van der Waals surface area contributed by atoms with Gasteiger partial charge in [-0.2, -0.15) is 0 Å². The van der Waals surface area contributed by atoms with Crippen LogP contribution in [0.25, 0.3) is 0 Å². The first-order valence-corrected chi connectivity index (χ1v) is 7.40. The zero-order valence-electron chi connectivity index (χ0n) is 10.7. The van der Waals surface area contributed by atoms with Crippen molar-refractivity contribution in [2.24, 2.45) is 5.84 Å². The molecular formula is C15H15BrClFN2. The minimum Gasteiger partial charge on any atom is -0.271 e. The maximum Gasteiger partial charge on any atom is 0.123 e.